The molecule has 11 heavy (non-hydrogen) atoms. The fraction of sp³-hybridized carbons (Fsp3) is 0. The van der Waals surface area contributed by atoms with E-state index >= 15 is 0 Å². The maximum atomic E-state index is 9.90. The van der Waals surface area contributed by atoms with E-state index in [2.05, 4.69) is 0 Å². The van der Waals surface area contributed by atoms with Gasteiger partial charge in [-0.3, -0.25) is 0 Å². The van der Waals surface area contributed by atoms with Gasteiger partial charge in [-0.05, 0) is 23.6 Å². The normalized spacial score (nSPS) is 9.45. The Morgan fingerprint density at radius 3 is 2.82 bits per heavy atom. The van der Waals surface area contributed by atoms with E-state index in [0.29, 0.717) is 0 Å². The zero-order valence-corrected chi connectivity index (χ0v) is 8.93. The summed E-state index contributed by atoms with van der Waals surface area (Å²) in [7, 11) is 0. The molecule has 0 unspecified atom stereocenters. The standard InChI is InChI=1S/C7H6O2S.Na/c8-7(9)4-3-6-2-1-5-10-6;/h1-5H,(H,8,9);/q;+1/p-1. The minimum Gasteiger partial charge on any atom is -0.545 e. The van der Waals surface area contributed by atoms with Crippen LogP contribution in [0.1, 0.15) is 4.88 Å². The number of carboxylic acids is 1. The van der Waals surface area contributed by atoms with Crippen molar-refractivity contribution in [3.63, 3.8) is 0 Å². The molecule has 0 bridgehead atoms. The van der Waals surface area contributed by atoms with Gasteiger partial charge in [0.2, 0.25) is 0 Å². The summed E-state index contributed by atoms with van der Waals surface area (Å²) in [6.07, 6.45) is 2.53. The average molecular weight is 176 g/mol. The molecule has 1 rings (SSSR count). The van der Waals surface area contributed by atoms with Gasteiger partial charge in [0.05, 0.1) is 5.97 Å². The van der Waals surface area contributed by atoms with Gasteiger partial charge in [-0.25, -0.2) is 0 Å². The third kappa shape index (κ3) is 4.37. The Kier molecular flexibility index (Phi) is 5.50. The van der Waals surface area contributed by atoms with Gasteiger partial charge in [-0.2, -0.15) is 0 Å². The zero-order chi connectivity index (χ0) is 7.40. The van der Waals surface area contributed by atoms with Crippen LogP contribution in [-0.2, 0) is 4.79 Å². The number of hydrogen-bond acceptors (Lipinski definition) is 3. The molecule has 0 amide bonds. The first-order chi connectivity index (χ1) is 4.79. The number of hydrogen-bond donors (Lipinski definition) is 0. The van der Waals surface area contributed by atoms with Crippen LogP contribution in [0.2, 0.25) is 0 Å². The first-order valence-electron chi connectivity index (χ1n) is 2.71. The summed E-state index contributed by atoms with van der Waals surface area (Å²) < 4.78 is 0. The van der Waals surface area contributed by atoms with Crippen LogP contribution in [-0.4, -0.2) is 5.97 Å². The number of carbonyl (C=O) groups is 1. The van der Waals surface area contributed by atoms with Crippen molar-refractivity contribution in [3.05, 3.63) is 28.5 Å². The number of carboxylic acid groups (broad SMARTS) is 1. The predicted molar refractivity (Wildman–Crippen MR) is 38.4 cm³/mol. The summed E-state index contributed by atoms with van der Waals surface area (Å²) in [6, 6.07) is 3.70. The smallest absolute Gasteiger partial charge is 0.545 e. The topological polar surface area (TPSA) is 40.1 Å². The second-order valence-electron chi connectivity index (χ2n) is 1.67. The van der Waals surface area contributed by atoms with Crippen molar-refractivity contribution in [2.45, 2.75) is 0 Å². The Labute approximate surface area is 90.8 Å². The third-order valence-corrected chi connectivity index (χ3v) is 1.76. The molecule has 0 fully saturated rings. The molecule has 52 valence electrons. The molecule has 2 nitrogen and oxygen atoms in total. The SMILES string of the molecule is O=C([O-])C=Cc1cccs1.[Na+]. The minimum atomic E-state index is -1.16. The van der Waals surface area contributed by atoms with Crippen molar-refractivity contribution in [2.75, 3.05) is 0 Å². The van der Waals surface area contributed by atoms with Crippen LogP contribution >= 0.6 is 11.3 Å². The molecule has 0 aliphatic carbocycles. The van der Waals surface area contributed by atoms with Crippen LogP contribution < -0.4 is 34.7 Å². The summed E-state index contributed by atoms with van der Waals surface area (Å²) >= 11 is 1.49. The van der Waals surface area contributed by atoms with Crippen LogP contribution in [0.4, 0.5) is 0 Å². The molecule has 0 aliphatic heterocycles. The molecule has 1 aromatic rings. The van der Waals surface area contributed by atoms with Gasteiger partial charge in [0, 0.05) is 4.88 Å². The molecule has 0 saturated carbocycles. The van der Waals surface area contributed by atoms with Crippen molar-refractivity contribution in [2.24, 2.45) is 0 Å². The van der Waals surface area contributed by atoms with Crippen LogP contribution in [0.15, 0.2) is 23.6 Å². The number of rotatable bonds is 2. The second-order valence-corrected chi connectivity index (χ2v) is 2.65. The molecule has 4 heteroatoms. The molecular formula is C7H5NaO2S. The molecule has 0 N–H and O–H groups in total. The molecule has 1 heterocycles. The van der Waals surface area contributed by atoms with Crippen LogP contribution in [0.25, 0.3) is 6.08 Å². The maximum absolute atomic E-state index is 9.90. The number of thiophene rings is 1. The van der Waals surface area contributed by atoms with E-state index in [0.717, 1.165) is 11.0 Å². The zero-order valence-electron chi connectivity index (χ0n) is 6.11. The Bertz CT molecular complexity index is 241. The van der Waals surface area contributed by atoms with Crippen LogP contribution in [0.3, 0.4) is 0 Å². The quantitative estimate of drug-likeness (QED) is 0.369. The van der Waals surface area contributed by atoms with Crippen molar-refractivity contribution in [3.8, 4) is 0 Å². The first kappa shape index (κ1) is 10.9. The molecule has 0 aliphatic rings. The van der Waals surface area contributed by atoms with Gasteiger partial charge in [-0.15, -0.1) is 11.3 Å². The number of carbonyl (C=O) groups excluding carboxylic acids is 1. The van der Waals surface area contributed by atoms with E-state index in [1.165, 1.54) is 17.4 Å². The minimum absolute atomic E-state index is 0. The summed E-state index contributed by atoms with van der Waals surface area (Å²) in [6.45, 7) is 0. The first-order valence-corrected chi connectivity index (χ1v) is 3.59. The molecular weight excluding hydrogens is 171 g/mol. The van der Waals surface area contributed by atoms with Gasteiger partial charge in [0.15, 0.2) is 0 Å². The van der Waals surface area contributed by atoms with E-state index in [1.54, 1.807) is 0 Å². The Balaban J connectivity index is 0.000001000. The van der Waals surface area contributed by atoms with E-state index in [9.17, 15) is 9.90 Å². The van der Waals surface area contributed by atoms with Crippen molar-refractivity contribution in [1.82, 2.24) is 0 Å². The monoisotopic (exact) mass is 176 g/mol. The van der Waals surface area contributed by atoms with Gasteiger partial charge in [-0.1, -0.05) is 6.07 Å². The Morgan fingerprint density at radius 1 is 1.64 bits per heavy atom. The summed E-state index contributed by atoms with van der Waals surface area (Å²) in [5.41, 5.74) is 0. The van der Waals surface area contributed by atoms with Crippen LogP contribution in [0, 0.1) is 0 Å². The fourth-order valence-electron chi connectivity index (χ4n) is 0.536. The van der Waals surface area contributed by atoms with Gasteiger partial charge < -0.3 is 9.90 Å². The van der Waals surface area contributed by atoms with E-state index in [-0.39, 0.29) is 29.6 Å². The van der Waals surface area contributed by atoms with Crippen molar-refractivity contribution >= 4 is 23.4 Å². The van der Waals surface area contributed by atoms with Crippen molar-refractivity contribution in [1.29, 1.82) is 0 Å². The van der Waals surface area contributed by atoms with Crippen LogP contribution in [0.5, 0.6) is 0 Å². The predicted octanol–water partition coefficient (Wildman–Crippen LogP) is -2.48. The summed E-state index contributed by atoms with van der Waals surface area (Å²) in [5, 5.41) is 11.8. The third-order valence-electron chi connectivity index (χ3n) is 0.927. The van der Waals surface area contributed by atoms with Gasteiger partial charge in [0.1, 0.15) is 0 Å². The Morgan fingerprint density at radius 2 is 2.36 bits per heavy atom. The molecule has 0 saturated heterocycles. The molecule has 0 atom stereocenters. The Hall–Kier alpha value is -0.0900. The largest absolute Gasteiger partial charge is 1.00 e. The molecule has 0 radical (unpaired) electrons. The fourth-order valence-corrected chi connectivity index (χ4v) is 1.15. The average Bonchev–Trinajstić information content (AvgIpc) is 2.34. The van der Waals surface area contributed by atoms with E-state index < -0.39 is 5.97 Å². The molecule has 0 spiro atoms. The maximum Gasteiger partial charge on any atom is 1.00 e. The summed E-state index contributed by atoms with van der Waals surface area (Å²) in [4.78, 5) is 10.8. The molecule has 0 aromatic carbocycles. The van der Waals surface area contributed by atoms with Gasteiger partial charge in [0.25, 0.3) is 0 Å². The van der Waals surface area contributed by atoms with E-state index in [1.807, 2.05) is 17.5 Å². The van der Waals surface area contributed by atoms with Gasteiger partial charge >= 0.3 is 29.6 Å². The molecule has 1 aromatic heterocycles. The van der Waals surface area contributed by atoms with Crippen molar-refractivity contribution < 1.29 is 39.5 Å². The number of aliphatic carboxylic acids is 1. The summed E-state index contributed by atoms with van der Waals surface area (Å²) in [5.74, 6) is -1.16. The van der Waals surface area contributed by atoms with E-state index in [4.69, 9.17) is 0 Å². The second kappa shape index (κ2) is 5.55.